The summed E-state index contributed by atoms with van der Waals surface area (Å²) in [6.07, 6.45) is 8.53. The summed E-state index contributed by atoms with van der Waals surface area (Å²) in [5, 5.41) is 3.41. The molecule has 0 aliphatic carbocycles. The lowest BCUT2D eigenvalue weighted by molar-refractivity contribution is -0.122. The number of carbonyl (C=O) groups is 1. The van der Waals surface area contributed by atoms with Crippen LogP contribution in [0.1, 0.15) is 36.9 Å². The van der Waals surface area contributed by atoms with Crippen LogP contribution in [-0.4, -0.2) is 42.6 Å². The van der Waals surface area contributed by atoms with Gasteiger partial charge in [-0.2, -0.15) is 4.98 Å². The van der Waals surface area contributed by atoms with Crippen molar-refractivity contribution in [2.75, 3.05) is 11.9 Å². The third-order valence-corrected chi connectivity index (χ3v) is 6.86. The molecule has 1 fully saturated rings. The number of anilines is 2. The maximum absolute atomic E-state index is 12.6. The number of imidazole rings is 1. The summed E-state index contributed by atoms with van der Waals surface area (Å²) in [5.74, 6) is 1.32. The molecule has 1 N–H and O–H groups in total. The zero-order valence-electron chi connectivity index (χ0n) is 21.5. The number of nitrogens with zero attached hydrogens (tertiary/aromatic N) is 5. The summed E-state index contributed by atoms with van der Waals surface area (Å²) < 4.78 is 15.0. The molecule has 1 aliphatic rings. The average molecular weight is 537 g/mol. The van der Waals surface area contributed by atoms with Crippen LogP contribution in [0.25, 0.3) is 11.2 Å². The SMILES string of the molecule is Cc1cc(Nc2nc3ncc(Oc4ccnc(CC(=O)CC5CCCCO5)c4)c(Cl)c3n2C)c(=O)n(C)c1. The van der Waals surface area contributed by atoms with Crippen LogP contribution in [0.15, 0.2) is 41.6 Å². The van der Waals surface area contributed by atoms with E-state index in [0.717, 1.165) is 31.4 Å². The standard InChI is InChI=1S/C27H29ClN6O4/c1-16-10-21(26(36)33(2)15-16)31-27-32-25-24(34(27)3)23(28)22(14-30-25)38-20-7-8-29-17(12-20)11-18(35)13-19-6-4-5-9-37-19/h7-8,10,12,14-15,19H,4-6,9,11,13H2,1-3H3,(H,30,31,32). The number of halogens is 1. The van der Waals surface area contributed by atoms with Gasteiger partial charge in [-0.1, -0.05) is 11.6 Å². The van der Waals surface area contributed by atoms with E-state index in [9.17, 15) is 9.59 Å². The highest BCUT2D eigenvalue weighted by Gasteiger charge is 2.20. The number of ketones is 1. The van der Waals surface area contributed by atoms with Crippen LogP contribution in [-0.2, 0) is 30.0 Å². The van der Waals surface area contributed by atoms with Gasteiger partial charge in [-0.15, -0.1) is 0 Å². The van der Waals surface area contributed by atoms with Crippen LogP contribution in [0, 0.1) is 6.92 Å². The van der Waals surface area contributed by atoms with Crippen molar-refractivity contribution in [3.63, 3.8) is 0 Å². The summed E-state index contributed by atoms with van der Waals surface area (Å²) >= 11 is 6.72. The second kappa shape index (κ2) is 10.9. The maximum Gasteiger partial charge on any atom is 0.274 e. The van der Waals surface area contributed by atoms with Crippen molar-refractivity contribution in [3.05, 3.63) is 63.4 Å². The fourth-order valence-corrected chi connectivity index (χ4v) is 4.92. The highest BCUT2D eigenvalue weighted by molar-refractivity contribution is 6.36. The van der Waals surface area contributed by atoms with E-state index >= 15 is 0 Å². The first-order valence-corrected chi connectivity index (χ1v) is 12.9. The van der Waals surface area contributed by atoms with Gasteiger partial charge in [-0.05, 0) is 43.9 Å². The van der Waals surface area contributed by atoms with E-state index < -0.39 is 0 Å². The highest BCUT2D eigenvalue weighted by Crippen LogP contribution is 2.35. The molecule has 1 aliphatic heterocycles. The smallest absolute Gasteiger partial charge is 0.274 e. The van der Waals surface area contributed by atoms with E-state index in [0.29, 0.717) is 51.4 Å². The molecule has 5 rings (SSSR count). The van der Waals surface area contributed by atoms with Crippen LogP contribution in [0.3, 0.4) is 0 Å². The molecule has 4 aromatic rings. The van der Waals surface area contributed by atoms with E-state index in [1.165, 1.54) is 10.8 Å². The predicted molar refractivity (Wildman–Crippen MR) is 144 cm³/mol. The molecule has 1 atom stereocenters. The fourth-order valence-electron chi connectivity index (χ4n) is 4.63. The van der Waals surface area contributed by atoms with E-state index in [-0.39, 0.29) is 23.9 Å². The monoisotopic (exact) mass is 536 g/mol. The van der Waals surface area contributed by atoms with Crippen molar-refractivity contribution in [1.29, 1.82) is 0 Å². The van der Waals surface area contributed by atoms with E-state index in [4.69, 9.17) is 21.1 Å². The van der Waals surface area contributed by atoms with Gasteiger partial charge in [0, 0.05) is 52.0 Å². The number of pyridine rings is 3. The minimum atomic E-state index is -0.177. The number of rotatable bonds is 8. The molecule has 5 heterocycles. The van der Waals surface area contributed by atoms with E-state index in [1.807, 2.05) is 6.92 Å². The first-order chi connectivity index (χ1) is 18.3. The fraction of sp³-hybridized carbons (Fsp3) is 0.370. The van der Waals surface area contributed by atoms with Crippen molar-refractivity contribution in [2.24, 2.45) is 14.1 Å². The predicted octanol–water partition coefficient (Wildman–Crippen LogP) is 4.63. The Balaban J connectivity index is 1.34. The summed E-state index contributed by atoms with van der Waals surface area (Å²) in [4.78, 5) is 38.3. The van der Waals surface area contributed by atoms with Crippen LogP contribution in [0.5, 0.6) is 11.5 Å². The number of hydrogen-bond acceptors (Lipinski definition) is 8. The van der Waals surface area contributed by atoms with Gasteiger partial charge >= 0.3 is 0 Å². The van der Waals surface area contributed by atoms with Gasteiger partial charge in [0.15, 0.2) is 11.4 Å². The van der Waals surface area contributed by atoms with Gasteiger partial charge in [0.05, 0.1) is 18.0 Å². The first kappa shape index (κ1) is 25.9. The molecule has 0 spiro atoms. The van der Waals surface area contributed by atoms with Gasteiger partial charge in [0.25, 0.3) is 5.56 Å². The lowest BCUT2D eigenvalue weighted by Crippen LogP contribution is -2.23. The Morgan fingerprint density at radius 2 is 2.11 bits per heavy atom. The normalized spacial score (nSPS) is 15.5. The van der Waals surface area contributed by atoms with Gasteiger partial charge in [-0.3, -0.25) is 14.6 Å². The molecule has 38 heavy (non-hydrogen) atoms. The van der Waals surface area contributed by atoms with Gasteiger partial charge in [-0.25, -0.2) is 4.98 Å². The molecule has 10 nitrogen and oxygen atoms in total. The first-order valence-electron chi connectivity index (χ1n) is 12.5. The molecule has 0 amide bonds. The zero-order chi connectivity index (χ0) is 26.8. The quantitative estimate of drug-likeness (QED) is 0.347. The number of carbonyl (C=O) groups excluding carboxylic acids is 1. The van der Waals surface area contributed by atoms with Crippen LogP contribution >= 0.6 is 11.6 Å². The molecule has 0 bridgehead atoms. The Labute approximate surface area is 224 Å². The minimum absolute atomic E-state index is 0.000473. The number of ether oxygens (including phenoxy) is 2. The molecular weight excluding hydrogens is 508 g/mol. The number of aromatic nitrogens is 5. The molecule has 1 saturated heterocycles. The van der Waals surface area contributed by atoms with E-state index in [2.05, 4.69) is 20.3 Å². The average Bonchev–Trinajstić information content (AvgIpc) is 3.20. The zero-order valence-corrected chi connectivity index (χ0v) is 22.3. The molecule has 0 aromatic carbocycles. The Morgan fingerprint density at radius 3 is 2.89 bits per heavy atom. The Morgan fingerprint density at radius 1 is 1.26 bits per heavy atom. The second-order valence-corrected chi connectivity index (χ2v) is 9.95. The summed E-state index contributed by atoms with van der Waals surface area (Å²) in [7, 11) is 3.48. The summed E-state index contributed by atoms with van der Waals surface area (Å²) in [6, 6.07) is 5.19. The minimum Gasteiger partial charge on any atom is -0.454 e. The molecule has 4 aromatic heterocycles. The summed E-state index contributed by atoms with van der Waals surface area (Å²) in [6.45, 7) is 2.63. The third kappa shape index (κ3) is 5.56. The maximum atomic E-state index is 12.6. The second-order valence-electron chi connectivity index (χ2n) is 9.57. The molecule has 0 saturated carbocycles. The van der Waals surface area contributed by atoms with Crippen molar-refractivity contribution < 1.29 is 14.3 Å². The number of nitrogens with one attached hydrogen (secondary N) is 1. The largest absolute Gasteiger partial charge is 0.454 e. The van der Waals surface area contributed by atoms with E-state index in [1.54, 1.807) is 49.3 Å². The van der Waals surface area contributed by atoms with Crippen molar-refractivity contribution >= 4 is 40.2 Å². The topological polar surface area (TPSA) is 113 Å². The Hall–Kier alpha value is -3.76. The number of Topliss-reactive ketones (excluding diaryl/α,β-unsaturated/α-hetero) is 1. The van der Waals surface area contributed by atoms with Gasteiger partial charge in [0.1, 0.15) is 27.8 Å². The lowest BCUT2D eigenvalue weighted by atomic mass is 10.0. The van der Waals surface area contributed by atoms with Crippen LogP contribution in [0.2, 0.25) is 5.02 Å². The van der Waals surface area contributed by atoms with Crippen LogP contribution in [0.4, 0.5) is 11.6 Å². The Bertz CT molecular complexity index is 1560. The van der Waals surface area contributed by atoms with Gasteiger partial charge < -0.3 is 23.9 Å². The molecule has 11 heteroatoms. The number of aryl methyl sites for hydroxylation is 3. The summed E-state index contributed by atoms with van der Waals surface area (Å²) in [5.41, 5.74) is 2.72. The van der Waals surface area contributed by atoms with Crippen molar-refractivity contribution in [3.8, 4) is 11.5 Å². The Kier molecular flexibility index (Phi) is 7.44. The molecule has 0 radical (unpaired) electrons. The lowest BCUT2D eigenvalue weighted by Gasteiger charge is -2.21. The molecular formula is C27H29ClN6O4. The van der Waals surface area contributed by atoms with Crippen molar-refractivity contribution in [2.45, 2.75) is 45.1 Å². The number of hydrogen-bond donors (Lipinski definition) is 1. The van der Waals surface area contributed by atoms with Gasteiger partial charge in [0.2, 0.25) is 5.95 Å². The highest BCUT2D eigenvalue weighted by atomic mass is 35.5. The number of fused-ring (bicyclic) bond motifs is 1. The van der Waals surface area contributed by atoms with Crippen LogP contribution < -0.4 is 15.6 Å². The third-order valence-electron chi connectivity index (χ3n) is 6.50. The van der Waals surface area contributed by atoms with Crippen molar-refractivity contribution in [1.82, 2.24) is 24.1 Å². The molecule has 198 valence electrons. The molecule has 1 unspecified atom stereocenters.